The number of carbonyl (C=O) groups excluding carboxylic acids is 1. The van der Waals surface area contributed by atoms with E-state index in [1.807, 2.05) is 4.90 Å². The summed E-state index contributed by atoms with van der Waals surface area (Å²) in [7, 11) is 0. The quantitative estimate of drug-likeness (QED) is 0.826. The molecule has 4 heteroatoms. The Hall–Kier alpha value is -1.83. The Kier molecular flexibility index (Phi) is 5.79. The second kappa shape index (κ2) is 7.82. The largest absolute Gasteiger partial charge is 0.396 e. The third kappa shape index (κ3) is 4.07. The predicted octanol–water partition coefficient (Wildman–Crippen LogP) is 1.41. The summed E-state index contributed by atoms with van der Waals surface area (Å²) in [6.45, 7) is 0.705. The Morgan fingerprint density at radius 2 is 2.00 bits per heavy atom. The van der Waals surface area contributed by atoms with Crippen molar-refractivity contribution < 1.29 is 15.0 Å². The minimum atomic E-state index is -0.169. The molecule has 1 atom stereocenters. The molecular weight excluding hydrogens is 266 g/mol. The van der Waals surface area contributed by atoms with Gasteiger partial charge in [0.2, 0.25) is 0 Å². The van der Waals surface area contributed by atoms with Gasteiger partial charge < -0.3 is 15.1 Å². The van der Waals surface area contributed by atoms with Gasteiger partial charge in [-0.05, 0) is 49.9 Å². The van der Waals surface area contributed by atoms with E-state index in [4.69, 9.17) is 10.2 Å². The highest BCUT2D eigenvalue weighted by molar-refractivity contribution is 5.94. The lowest BCUT2D eigenvalue weighted by Gasteiger charge is -2.35. The lowest BCUT2D eigenvalue weighted by Crippen LogP contribution is -2.44. The van der Waals surface area contributed by atoms with Crippen molar-refractivity contribution in [3.05, 3.63) is 35.4 Å². The summed E-state index contributed by atoms with van der Waals surface area (Å²) in [5.74, 6) is 5.42. The van der Waals surface area contributed by atoms with Gasteiger partial charge in [0.05, 0.1) is 0 Å². The number of carbonyl (C=O) groups is 1. The smallest absolute Gasteiger partial charge is 0.254 e. The third-order valence-electron chi connectivity index (χ3n) is 3.79. The first kappa shape index (κ1) is 15.6. The SMILES string of the molecule is O=C(c1ccc(C#CCO)cc1)N1CCCCC1CCO. The van der Waals surface area contributed by atoms with Crippen molar-refractivity contribution >= 4 is 5.91 Å². The fourth-order valence-electron chi connectivity index (χ4n) is 2.72. The fourth-order valence-corrected chi connectivity index (χ4v) is 2.72. The number of rotatable bonds is 3. The minimum Gasteiger partial charge on any atom is -0.396 e. The summed E-state index contributed by atoms with van der Waals surface area (Å²) < 4.78 is 0. The van der Waals surface area contributed by atoms with Crippen molar-refractivity contribution in [2.75, 3.05) is 19.8 Å². The number of aliphatic hydroxyl groups is 2. The average molecular weight is 287 g/mol. The van der Waals surface area contributed by atoms with Gasteiger partial charge in [0.25, 0.3) is 5.91 Å². The Labute approximate surface area is 125 Å². The van der Waals surface area contributed by atoms with Crippen LogP contribution in [0.3, 0.4) is 0 Å². The molecule has 4 nitrogen and oxygen atoms in total. The summed E-state index contributed by atoms with van der Waals surface area (Å²) in [5, 5.41) is 17.8. The molecule has 0 aliphatic carbocycles. The zero-order valence-corrected chi connectivity index (χ0v) is 12.1. The molecule has 0 radical (unpaired) electrons. The van der Waals surface area contributed by atoms with E-state index in [-0.39, 0.29) is 25.2 Å². The molecule has 0 spiro atoms. The van der Waals surface area contributed by atoms with Crippen molar-refractivity contribution in [1.82, 2.24) is 4.90 Å². The monoisotopic (exact) mass is 287 g/mol. The van der Waals surface area contributed by atoms with Crippen LogP contribution in [0.25, 0.3) is 0 Å². The molecule has 1 aliphatic heterocycles. The van der Waals surface area contributed by atoms with Gasteiger partial charge in [-0.2, -0.15) is 0 Å². The zero-order valence-electron chi connectivity index (χ0n) is 12.1. The third-order valence-corrected chi connectivity index (χ3v) is 3.79. The van der Waals surface area contributed by atoms with Gasteiger partial charge in [-0.1, -0.05) is 11.8 Å². The van der Waals surface area contributed by atoms with Crippen LogP contribution in [0.1, 0.15) is 41.6 Å². The highest BCUT2D eigenvalue weighted by Crippen LogP contribution is 2.22. The van der Waals surface area contributed by atoms with E-state index in [0.717, 1.165) is 31.4 Å². The van der Waals surface area contributed by atoms with Crippen molar-refractivity contribution in [3.8, 4) is 11.8 Å². The van der Waals surface area contributed by atoms with Gasteiger partial charge in [0.15, 0.2) is 0 Å². The van der Waals surface area contributed by atoms with Crippen molar-refractivity contribution in [2.45, 2.75) is 31.7 Å². The summed E-state index contributed by atoms with van der Waals surface area (Å²) in [6, 6.07) is 7.27. The second-order valence-electron chi connectivity index (χ2n) is 5.20. The van der Waals surface area contributed by atoms with Crippen LogP contribution in [0.4, 0.5) is 0 Å². The summed E-state index contributed by atoms with van der Waals surface area (Å²) in [4.78, 5) is 14.5. The van der Waals surface area contributed by atoms with Crippen LogP contribution in [0.15, 0.2) is 24.3 Å². The normalized spacial score (nSPS) is 18.0. The number of piperidine rings is 1. The topological polar surface area (TPSA) is 60.8 Å². The molecule has 1 amide bonds. The first-order valence-corrected chi connectivity index (χ1v) is 7.38. The van der Waals surface area contributed by atoms with Gasteiger partial charge in [-0.3, -0.25) is 4.79 Å². The molecule has 0 bridgehead atoms. The fraction of sp³-hybridized carbons (Fsp3) is 0.471. The van der Waals surface area contributed by atoms with Crippen molar-refractivity contribution in [2.24, 2.45) is 0 Å². The van der Waals surface area contributed by atoms with E-state index >= 15 is 0 Å². The molecule has 112 valence electrons. The second-order valence-corrected chi connectivity index (χ2v) is 5.20. The van der Waals surface area contributed by atoms with Gasteiger partial charge in [-0.25, -0.2) is 0 Å². The lowest BCUT2D eigenvalue weighted by atomic mass is 9.98. The molecule has 1 aromatic rings. The number of likely N-dealkylation sites (tertiary alicyclic amines) is 1. The van der Waals surface area contributed by atoms with Gasteiger partial charge in [0.1, 0.15) is 6.61 Å². The van der Waals surface area contributed by atoms with Crippen molar-refractivity contribution in [3.63, 3.8) is 0 Å². The number of nitrogens with zero attached hydrogens (tertiary/aromatic N) is 1. The van der Waals surface area contributed by atoms with Crippen LogP contribution in [0.5, 0.6) is 0 Å². The molecule has 1 heterocycles. The minimum absolute atomic E-state index is 0.0230. The standard InChI is InChI=1S/C17H21NO3/c19-12-3-4-14-6-8-15(9-7-14)17(21)18-11-2-1-5-16(18)10-13-20/h6-9,16,19-20H,1-2,5,10-13H2. The summed E-state index contributed by atoms with van der Waals surface area (Å²) >= 11 is 0. The Morgan fingerprint density at radius 1 is 1.24 bits per heavy atom. The maximum atomic E-state index is 12.6. The summed E-state index contributed by atoms with van der Waals surface area (Å²) in [5.41, 5.74) is 1.43. The van der Waals surface area contributed by atoms with E-state index in [0.29, 0.717) is 12.0 Å². The maximum Gasteiger partial charge on any atom is 0.254 e. The molecule has 2 rings (SSSR count). The summed E-state index contributed by atoms with van der Waals surface area (Å²) in [6.07, 6.45) is 3.75. The highest BCUT2D eigenvalue weighted by Gasteiger charge is 2.26. The van der Waals surface area contributed by atoms with Crippen LogP contribution >= 0.6 is 0 Å². The van der Waals surface area contributed by atoms with E-state index < -0.39 is 0 Å². The van der Waals surface area contributed by atoms with E-state index in [9.17, 15) is 4.79 Å². The average Bonchev–Trinajstić information content (AvgIpc) is 2.53. The van der Waals surface area contributed by atoms with E-state index in [1.54, 1.807) is 24.3 Å². The molecule has 0 saturated carbocycles. The van der Waals surface area contributed by atoms with E-state index in [1.165, 1.54) is 0 Å². The number of aliphatic hydroxyl groups excluding tert-OH is 2. The first-order valence-electron chi connectivity index (χ1n) is 7.38. The Morgan fingerprint density at radius 3 is 2.67 bits per heavy atom. The molecule has 1 aliphatic rings. The van der Waals surface area contributed by atoms with Crippen LogP contribution in [0.2, 0.25) is 0 Å². The molecule has 1 fully saturated rings. The van der Waals surface area contributed by atoms with Gasteiger partial charge in [0, 0.05) is 30.3 Å². The molecular formula is C17H21NO3. The predicted molar refractivity (Wildman–Crippen MR) is 80.8 cm³/mol. The molecule has 21 heavy (non-hydrogen) atoms. The van der Waals surface area contributed by atoms with Gasteiger partial charge >= 0.3 is 0 Å². The number of amides is 1. The molecule has 1 saturated heterocycles. The molecule has 0 aromatic heterocycles. The van der Waals surface area contributed by atoms with Crippen LogP contribution in [0, 0.1) is 11.8 Å². The maximum absolute atomic E-state index is 12.6. The number of hydrogen-bond acceptors (Lipinski definition) is 3. The number of benzene rings is 1. The first-order chi connectivity index (χ1) is 10.3. The Bertz CT molecular complexity index is 525. The van der Waals surface area contributed by atoms with Crippen LogP contribution in [-0.2, 0) is 0 Å². The van der Waals surface area contributed by atoms with E-state index in [2.05, 4.69) is 11.8 Å². The molecule has 1 unspecified atom stereocenters. The van der Waals surface area contributed by atoms with Gasteiger partial charge in [-0.15, -0.1) is 0 Å². The molecule has 2 N–H and O–H groups in total. The molecule has 1 aromatic carbocycles. The zero-order chi connectivity index (χ0) is 15.1. The van der Waals surface area contributed by atoms with Crippen LogP contribution < -0.4 is 0 Å². The van der Waals surface area contributed by atoms with Crippen LogP contribution in [-0.4, -0.2) is 46.8 Å². The Balaban J connectivity index is 2.10. The number of hydrogen-bond donors (Lipinski definition) is 2. The highest BCUT2D eigenvalue weighted by atomic mass is 16.3. The van der Waals surface area contributed by atoms with Crippen molar-refractivity contribution in [1.29, 1.82) is 0 Å². The lowest BCUT2D eigenvalue weighted by molar-refractivity contribution is 0.0574.